The molecule has 0 heterocycles. The molecule has 1 aliphatic rings. The number of rotatable bonds is 8. The molecule has 0 bridgehead atoms. The molecule has 0 atom stereocenters. The van der Waals surface area contributed by atoms with Crippen LogP contribution in [0.5, 0.6) is 0 Å². The summed E-state index contributed by atoms with van der Waals surface area (Å²) >= 11 is 0. The van der Waals surface area contributed by atoms with Crippen LogP contribution in [0.1, 0.15) is 51.9 Å². The van der Waals surface area contributed by atoms with Crippen molar-refractivity contribution in [2.45, 2.75) is 51.9 Å². The van der Waals surface area contributed by atoms with Crippen LogP contribution in [-0.4, -0.2) is 18.4 Å². The van der Waals surface area contributed by atoms with E-state index in [-0.39, 0.29) is 24.8 Å². The molecule has 1 aliphatic carbocycles. The number of ether oxygens (including phenoxy) is 1. The second kappa shape index (κ2) is 7.85. The maximum absolute atomic E-state index is 11.7. The molecule has 1 rings (SSSR count). The maximum Gasteiger partial charge on any atom is 0.310 e. The standard InChI is InChI=1S/C15H22O3/c1-3-5-6-7-13-12(8-9-14(13)16)11-15(17)18-10-4-2/h4H,2-3,5-11H2,1H3. The van der Waals surface area contributed by atoms with Crippen molar-refractivity contribution in [1.82, 2.24) is 0 Å². The molecule has 0 N–H and O–H groups in total. The van der Waals surface area contributed by atoms with Crippen molar-refractivity contribution in [3.05, 3.63) is 23.8 Å². The monoisotopic (exact) mass is 250 g/mol. The summed E-state index contributed by atoms with van der Waals surface area (Å²) in [5.41, 5.74) is 1.88. The molecule has 0 saturated heterocycles. The molecule has 0 amide bonds. The minimum Gasteiger partial charge on any atom is -0.461 e. The number of hydrogen-bond donors (Lipinski definition) is 0. The SMILES string of the molecule is C=CCOC(=O)CC1=C(CCCCC)C(=O)CC1. The number of carbonyl (C=O) groups is 2. The Morgan fingerprint density at radius 2 is 2.17 bits per heavy atom. The third-order valence-electron chi connectivity index (χ3n) is 3.17. The number of Topliss-reactive ketones (excluding diaryl/α,β-unsaturated/α-hetero) is 1. The number of ketones is 1. The van der Waals surface area contributed by atoms with Gasteiger partial charge in [0.15, 0.2) is 5.78 Å². The quantitative estimate of drug-likeness (QED) is 0.377. The zero-order valence-electron chi connectivity index (χ0n) is 11.2. The van der Waals surface area contributed by atoms with Crippen molar-refractivity contribution < 1.29 is 14.3 Å². The average Bonchev–Trinajstić information content (AvgIpc) is 2.69. The Kier molecular flexibility index (Phi) is 6.40. The van der Waals surface area contributed by atoms with E-state index in [0.717, 1.165) is 43.3 Å². The van der Waals surface area contributed by atoms with Gasteiger partial charge in [0.05, 0.1) is 6.42 Å². The number of unbranched alkanes of at least 4 members (excludes halogenated alkanes) is 2. The van der Waals surface area contributed by atoms with Gasteiger partial charge in [0.25, 0.3) is 0 Å². The molecule has 18 heavy (non-hydrogen) atoms. The molecule has 0 aromatic rings. The first-order valence-electron chi connectivity index (χ1n) is 6.69. The molecular formula is C15H22O3. The van der Waals surface area contributed by atoms with Gasteiger partial charge in [-0.2, -0.15) is 0 Å². The van der Waals surface area contributed by atoms with Crippen molar-refractivity contribution in [2.24, 2.45) is 0 Å². The zero-order chi connectivity index (χ0) is 13.4. The smallest absolute Gasteiger partial charge is 0.310 e. The Labute approximate surface area is 109 Å². The normalized spacial score (nSPS) is 15.1. The molecular weight excluding hydrogens is 228 g/mol. The van der Waals surface area contributed by atoms with Crippen LogP contribution in [0.25, 0.3) is 0 Å². The van der Waals surface area contributed by atoms with Crippen LogP contribution < -0.4 is 0 Å². The lowest BCUT2D eigenvalue weighted by atomic mass is 10.0. The van der Waals surface area contributed by atoms with Crippen LogP contribution in [0, 0.1) is 0 Å². The van der Waals surface area contributed by atoms with E-state index in [1.165, 1.54) is 0 Å². The highest BCUT2D eigenvalue weighted by Crippen LogP contribution is 2.29. The predicted molar refractivity (Wildman–Crippen MR) is 71.2 cm³/mol. The molecule has 100 valence electrons. The van der Waals surface area contributed by atoms with E-state index < -0.39 is 0 Å². The molecule has 0 unspecified atom stereocenters. The lowest BCUT2D eigenvalue weighted by molar-refractivity contribution is -0.141. The van der Waals surface area contributed by atoms with E-state index in [1.807, 2.05) is 0 Å². The van der Waals surface area contributed by atoms with Gasteiger partial charge in [-0.1, -0.05) is 38.0 Å². The number of allylic oxidation sites excluding steroid dienone is 1. The summed E-state index contributed by atoms with van der Waals surface area (Å²) < 4.78 is 4.96. The lowest BCUT2D eigenvalue weighted by Gasteiger charge is -2.06. The van der Waals surface area contributed by atoms with Gasteiger partial charge in [0, 0.05) is 6.42 Å². The number of hydrogen-bond acceptors (Lipinski definition) is 3. The first-order valence-corrected chi connectivity index (χ1v) is 6.69. The Bertz CT molecular complexity index is 353. The Hall–Kier alpha value is -1.38. The molecule has 0 radical (unpaired) electrons. The highest BCUT2D eigenvalue weighted by Gasteiger charge is 2.24. The van der Waals surface area contributed by atoms with Crippen LogP contribution in [-0.2, 0) is 14.3 Å². The minimum atomic E-state index is -0.257. The van der Waals surface area contributed by atoms with Gasteiger partial charge in [-0.15, -0.1) is 0 Å². The molecule has 0 aromatic carbocycles. The predicted octanol–water partition coefficient (Wildman–Crippen LogP) is 3.35. The highest BCUT2D eigenvalue weighted by atomic mass is 16.5. The fourth-order valence-corrected chi connectivity index (χ4v) is 2.20. The second-order valence-electron chi connectivity index (χ2n) is 4.61. The summed E-state index contributed by atoms with van der Waals surface area (Å²) in [6.07, 6.45) is 7.22. The molecule has 3 heteroatoms. The van der Waals surface area contributed by atoms with Crippen LogP contribution in [0.2, 0.25) is 0 Å². The van der Waals surface area contributed by atoms with Crippen LogP contribution >= 0.6 is 0 Å². The third-order valence-corrected chi connectivity index (χ3v) is 3.17. The molecule has 3 nitrogen and oxygen atoms in total. The van der Waals surface area contributed by atoms with Gasteiger partial charge in [0.1, 0.15) is 6.61 Å². The van der Waals surface area contributed by atoms with Gasteiger partial charge in [-0.3, -0.25) is 9.59 Å². The summed E-state index contributed by atoms with van der Waals surface area (Å²) in [7, 11) is 0. The van der Waals surface area contributed by atoms with Crippen LogP contribution in [0.4, 0.5) is 0 Å². The van der Waals surface area contributed by atoms with E-state index in [1.54, 1.807) is 6.08 Å². The van der Waals surface area contributed by atoms with Crippen molar-refractivity contribution in [3.63, 3.8) is 0 Å². The summed E-state index contributed by atoms with van der Waals surface area (Å²) in [5.74, 6) is -0.0368. The minimum absolute atomic E-state index is 0.220. The fraction of sp³-hybridized carbons (Fsp3) is 0.600. The first-order chi connectivity index (χ1) is 8.69. The van der Waals surface area contributed by atoms with E-state index in [9.17, 15) is 9.59 Å². The molecule has 0 aliphatic heterocycles. The van der Waals surface area contributed by atoms with E-state index >= 15 is 0 Å². The Balaban J connectivity index is 2.55. The van der Waals surface area contributed by atoms with Gasteiger partial charge < -0.3 is 4.74 Å². The van der Waals surface area contributed by atoms with Crippen molar-refractivity contribution in [2.75, 3.05) is 6.61 Å². The average molecular weight is 250 g/mol. The lowest BCUT2D eigenvalue weighted by Crippen LogP contribution is -2.06. The van der Waals surface area contributed by atoms with Gasteiger partial charge in [-0.25, -0.2) is 0 Å². The van der Waals surface area contributed by atoms with Gasteiger partial charge in [0.2, 0.25) is 0 Å². The van der Waals surface area contributed by atoms with Gasteiger partial charge >= 0.3 is 5.97 Å². The maximum atomic E-state index is 11.7. The molecule has 0 fully saturated rings. The molecule has 0 saturated carbocycles. The number of carbonyl (C=O) groups excluding carboxylic acids is 2. The number of esters is 1. The summed E-state index contributed by atoms with van der Waals surface area (Å²) in [6.45, 7) is 5.88. The van der Waals surface area contributed by atoms with E-state index in [4.69, 9.17) is 4.74 Å². The first kappa shape index (κ1) is 14.7. The highest BCUT2D eigenvalue weighted by molar-refractivity contribution is 5.99. The second-order valence-corrected chi connectivity index (χ2v) is 4.61. The topological polar surface area (TPSA) is 43.4 Å². The largest absolute Gasteiger partial charge is 0.461 e. The molecule has 0 aromatic heterocycles. The summed E-state index contributed by atoms with van der Waals surface area (Å²) in [4.78, 5) is 23.3. The van der Waals surface area contributed by atoms with E-state index in [2.05, 4.69) is 13.5 Å². The molecule has 0 spiro atoms. The Morgan fingerprint density at radius 1 is 1.39 bits per heavy atom. The van der Waals surface area contributed by atoms with Crippen molar-refractivity contribution >= 4 is 11.8 Å². The van der Waals surface area contributed by atoms with Crippen LogP contribution in [0.15, 0.2) is 23.8 Å². The third kappa shape index (κ3) is 4.47. The van der Waals surface area contributed by atoms with Crippen molar-refractivity contribution in [1.29, 1.82) is 0 Å². The summed E-state index contributed by atoms with van der Waals surface area (Å²) in [5, 5.41) is 0. The zero-order valence-corrected chi connectivity index (χ0v) is 11.2. The van der Waals surface area contributed by atoms with Crippen molar-refractivity contribution in [3.8, 4) is 0 Å². The Morgan fingerprint density at radius 3 is 2.83 bits per heavy atom. The summed E-state index contributed by atoms with van der Waals surface area (Å²) in [6, 6.07) is 0. The van der Waals surface area contributed by atoms with Crippen LogP contribution in [0.3, 0.4) is 0 Å². The van der Waals surface area contributed by atoms with Gasteiger partial charge in [-0.05, 0) is 24.8 Å². The van der Waals surface area contributed by atoms with E-state index in [0.29, 0.717) is 6.42 Å². The fourth-order valence-electron chi connectivity index (χ4n) is 2.20.